The van der Waals surface area contributed by atoms with Gasteiger partial charge in [-0.2, -0.15) is 65.9 Å². The molecule has 21 nitrogen and oxygen atoms in total. The Labute approximate surface area is 827 Å². The van der Waals surface area contributed by atoms with Crippen molar-refractivity contribution >= 4 is 52.9 Å². The monoisotopic (exact) mass is 2000 g/mol. The molecule has 3 atom stereocenters. The summed E-state index contributed by atoms with van der Waals surface area (Å²) >= 11 is 0. The quantitative estimate of drug-likeness (QED) is 0.0102. The van der Waals surface area contributed by atoms with Gasteiger partial charge in [0.25, 0.3) is 5.60 Å². The molecule has 6 saturated carbocycles. The van der Waals surface area contributed by atoms with Crippen LogP contribution in [0.15, 0.2) is 36.5 Å². The summed E-state index contributed by atoms with van der Waals surface area (Å²) in [7, 11) is 1.88. The molecule has 0 radical (unpaired) electrons. The summed E-state index contributed by atoms with van der Waals surface area (Å²) in [6.07, 6.45) is 1.52. The molecule has 3 unspecified atom stereocenters. The van der Waals surface area contributed by atoms with Crippen LogP contribution in [0.25, 0.3) is 0 Å². The van der Waals surface area contributed by atoms with Gasteiger partial charge in [0, 0.05) is 43.1 Å². The first-order chi connectivity index (χ1) is 59.2. The zero-order valence-corrected chi connectivity index (χ0v) is 86.8. The Morgan fingerprint density at radius 3 is 0.850 bits per heavy atom. The number of hydrogen-bond donors (Lipinski definition) is 6. The summed E-state index contributed by atoms with van der Waals surface area (Å²) < 4.78 is 247. The van der Waals surface area contributed by atoms with Gasteiger partial charge in [0.15, 0.2) is 16.8 Å². The molecule has 6 N–H and O–H groups in total. The molecule has 3 aliphatic heterocycles. The van der Waals surface area contributed by atoms with Gasteiger partial charge in [0.2, 0.25) is 0 Å². The number of rotatable bonds is 19. The van der Waals surface area contributed by atoms with E-state index >= 15 is 0 Å². The Balaban J connectivity index is -0.000000274. The minimum Gasteiger partial charge on any atom is -1.00 e. The van der Waals surface area contributed by atoms with E-state index in [1.54, 1.807) is 34.6 Å². The van der Waals surface area contributed by atoms with Crippen LogP contribution in [-0.4, -0.2) is 252 Å². The van der Waals surface area contributed by atoms with Crippen molar-refractivity contribution in [2.45, 2.75) is 391 Å². The van der Waals surface area contributed by atoms with E-state index < -0.39 is 127 Å². The molecule has 9 fully saturated rings. The maximum absolute atomic E-state index is 12.7. The van der Waals surface area contributed by atoms with Crippen molar-refractivity contribution in [3.8, 4) is 0 Å². The molecule has 6 aliphatic carbocycles. The number of epoxide rings is 1. The maximum Gasteiger partial charge on any atom is 2.00 e. The number of carbonyl (C=O) groups excluding carboxylic acids is 5. The van der Waals surface area contributed by atoms with Gasteiger partial charge in [0.05, 0.1) is 95.6 Å². The first kappa shape index (κ1) is 139. The first-order valence-electron chi connectivity index (χ1n) is 45.2. The molecular weight excluding hydrogens is 1840 g/mol. The summed E-state index contributed by atoms with van der Waals surface area (Å²) in [5.41, 5.74) is -14.3. The van der Waals surface area contributed by atoms with E-state index in [9.17, 15) is 120 Å². The molecule has 133 heavy (non-hydrogen) atoms. The molecule has 9 aliphatic rings. The molecule has 3 saturated heterocycles. The van der Waals surface area contributed by atoms with Crippen LogP contribution in [0.2, 0.25) is 0 Å². The second kappa shape index (κ2) is 64.7. The average molecular weight is 2000 g/mol. The van der Waals surface area contributed by atoms with Crippen LogP contribution in [0.4, 0.5) is 70.2 Å². The molecule has 0 aromatic carbocycles. The van der Waals surface area contributed by atoms with E-state index in [0.717, 1.165) is 122 Å². The summed E-state index contributed by atoms with van der Waals surface area (Å²) in [5.74, 6) is 1.53. The third-order valence-electron chi connectivity index (χ3n) is 24.6. The van der Waals surface area contributed by atoms with E-state index in [-0.39, 0.29) is 145 Å². The third kappa shape index (κ3) is 55.4. The van der Waals surface area contributed by atoms with E-state index in [2.05, 4.69) is 59.5 Å². The fraction of sp³-hybridized carbons (Fsp3) is 0.871. The predicted octanol–water partition coefficient (Wildman–Crippen LogP) is 15.1. The largest absolute Gasteiger partial charge is 2.00 e. The molecule has 780 valence electrons. The normalized spacial score (nSPS) is 25.4. The van der Waals surface area contributed by atoms with E-state index in [1.807, 2.05) is 27.7 Å². The van der Waals surface area contributed by atoms with E-state index in [4.69, 9.17) is 34.9 Å². The molecule has 3 heterocycles. The Bertz CT molecular complexity index is 3080. The number of esters is 5. The second-order valence-corrected chi connectivity index (χ2v) is 38.2. The van der Waals surface area contributed by atoms with Gasteiger partial charge in [0.1, 0.15) is 6.10 Å². The van der Waals surface area contributed by atoms with Crippen molar-refractivity contribution < 1.29 is 217 Å². The van der Waals surface area contributed by atoms with Crippen molar-refractivity contribution in [2.24, 2.45) is 53.3 Å². The van der Waals surface area contributed by atoms with Crippen LogP contribution in [0.5, 0.6) is 0 Å². The van der Waals surface area contributed by atoms with E-state index in [1.165, 1.54) is 92.3 Å². The zero-order chi connectivity index (χ0) is 101. The van der Waals surface area contributed by atoms with Gasteiger partial charge >= 0.3 is 113 Å². The first-order valence-corrected chi connectivity index (χ1v) is 44.5. The minimum atomic E-state index is -5.36. The fourth-order valence-corrected chi connectivity index (χ4v) is 14.4. The number of halogens is 17. The maximum atomic E-state index is 12.7. The van der Waals surface area contributed by atoms with Crippen LogP contribution in [0, 0.1) is 60.7 Å². The molecule has 9 rings (SSSR count). The number of hydrogen-bond acceptors (Lipinski definition) is 21. The number of carbonyl (C=O) groups is 5. The number of aliphatic hydroxyl groups excluding tert-OH is 2. The predicted molar refractivity (Wildman–Crippen MR) is 468 cm³/mol. The number of alkyl halides is 16. The standard InChI is InChI=1S/C17H27F3O4.C14H25F3O2.C13H23F3O3.C10H20O.C9H16O2.C8H14O3.C8H10O3.C4H2F6O.2C4H8O.CH3F.CH3.ClH.Mg.Na.H/c1-11(2)14(21)24-13-8-6-12(7-9-13)15(3,4)23-10-16(5,22)17(18,19)20;1-10-5-7-11(8-6-10)12(2,3)19-9-13(4,18)14(15,16)17;1-11(2,9-4-6-10(17)7-5-9)19-8-12(3,18)13(14,15)16;1-8-4-6-9(7-5-8)10(2,3)11;1-7-3-5-8(6-4-7)9(10)11-2;1-11-8(10)6-2-4-7(9)5-3-6;1-5(2)7(9)11-8(10)6(3)4;5-3(6,7)2(1-11-2)4(8,9)10;2*1-2-4-5-3-1;1-2;;;;;/h12-13,22H,1,6-10H2,2-5H3;10-11,18H,5-9H2,1-4H3;9-10,17-18H,4-8H2,1-3H3;8-9,11H,4-7H2,1-3H3;7-8H,3-6H2,1-2H3;6-7,9H,2-5H2,1H3;1,3H2,2,4H3;1H2;2*1-4H2;1H3;1H3;1H;;;/q;;;;;;;;;;;-1;;+2;+1;-1/p-1/i;;;;;;;;;;1D;;;;;. The van der Waals surface area contributed by atoms with Crippen molar-refractivity contribution in [2.75, 3.05) is 74.2 Å². The number of ether oxygens (including phenoxy) is 10. The Hall–Kier alpha value is -2.77. The molecule has 0 aromatic rings. The Morgan fingerprint density at radius 1 is 0.421 bits per heavy atom. The van der Waals surface area contributed by atoms with Crippen LogP contribution < -0.4 is 42.0 Å². The van der Waals surface area contributed by atoms with Gasteiger partial charge in [-0.1, -0.05) is 66.2 Å². The van der Waals surface area contributed by atoms with Crippen molar-refractivity contribution in [1.29, 1.82) is 0 Å². The molecule has 0 aromatic heterocycles. The van der Waals surface area contributed by atoms with Gasteiger partial charge in [-0.25, -0.2) is 14.4 Å². The molecular formula is C93H160ClF16MgNaO21. The van der Waals surface area contributed by atoms with Crippen LogP contribution in [-0.2, 0) is 71.3 Å². The summed E-state index contributed by atoms with van der Waals surface area (Å²) in [6.45, 7) is 38.4. The van der Waals surface area contributed by atoms with Crippen LogP contribution >= 0.6 is 0 Å². The van der Waals surface area contributed by atoms with E-state index in [0.29, 0.717) is 69.8 Å². The third-order valence-corrected chi connectivity index (χ3v) is 24.6. The average Bonchev–Trinajstić information content (AvgIpc) is 1.57. The fourth-order valence-electron chi connectivity index (χ4n) is 14.4. The summed E-state index contributed by atoms with van der Waals surface area (Å²) in [6, 6.07) is 0. The van der Waals surface area contributed by atoms with Crippen LogP contribution in [0.3, 0.4) is 0 Å². The van der Waals surface area contributed by atoms with Gasteiger partial charge in [-0.05, 0) is 292 Å². The minimum absolute atomic E-state index is 0. The molecule has 40 heteroatoms. The molecule has 0 amide bonds. The van der Waals surface area contributed by atoms with Crippen molar-refractivity contribution in [3.63, 3.8) is 0 Å². The van der Waals surface area contributed by atoms with Gasteiger partial charge in [-0.3, -0.25) is 14.0 Å². The second-order valence-electron chi connectivity index (χ2n) is 38.2. The van der Waals surface area contributed by atoms with Crippen molar-refractivity contribution in [1.82, 2.24) is 0 Å². The summed E-state index contributed by atoms with van der Waals surface area (Å²) in [5, 5.41) is 56.5. The number of methoxy groups -OCH3 is 2. The topological polar surface area (TPSA) is 302 Å². The zero-order valence-electron chi connectivity index (χ0n) is 84.7. The van der Waals surface area contributed by atoms with Crippen LogP contribution in [0.1, 0.15) is 300 Å². The van der Waals surface area contributed by atoms with Gasteiger partial charge < -0.3 is 99.3 Å². The van der Waals surface area contributed by atoms with Gasteiger partial charge in [-0.15, -0.1) is 0 Å². The molecule has 0 spiro atoms. The Morgan fingerprint density at radius 2 is 0.647 bits per heavy atom. The number of aliphatic hydroxyl groups is 6. The smallest absolute Gasteiger partial charge is 1.00 e. The molecule has 0 bridgehead atoms. The van der Waals surface area contributed by atoms with Crippen molar-refractivity contribution in [3.05, 3.63) is 43.9 Å². The summed E-state index contributed by atoms with van der Waals surface area (Å²) in [4.78, 5) is 54.9. The SMILES string of the molecule is C1CCOC1.C1CCOC1.C=C(C)C(=O)OC(=O)C(=C)C.C=C(C)C(=O)OC1CCC(C(C)(C)OCC(C)(O)C(F)(F)F)CC1.CC(C)(OCC(C)(O)C(F)(F)F)C1CCC(O)CC1.CC1CCC(C(C)(C)O)CC1.CC1CCC(C(C)(C)OCC(C)(O)C(F)(F)F)CC1.COC(=O)C1CCC(C)CC1.COC(=O)C1CCC(O)CC1.FC(F)(F)C1(C(F)(F)F)CO1.[2H]CF.[CH3-].[Cl-].[H-].[Mg+2].[Na+]. The Kier molecular flexibility index (Phi) is 67.5.